The number of esters is 1. The van der Waals surface area contributed by atoms with Gasteiger partial charge in [-0.3, -0.25) is 9.59 Å². The van der Waals surface area contributed by atoms with Crippen molar-refractivity contribution in [1.29, 1.82) is 0 Å². The quantitative estimate of drug-likeness (QED) is 0.368. The van der Waals surface area contributed by atoms with Gasteiger partial charge in [-0.25, -0.2) is 0 Å². The molecule has 4 heteroatoms. The van der Waals surface area contributed by atoms with Gasteiger partial charge in [-0.05, 0) is 25.7 Å². The van der Waals surface area contributed by atoms with Gasteiger partial charge in [0.2, 0.25) is 5.91 Å². The molecular weight excluding hydrogens is 230 g/mol. The van der Waals surface area contributed by atoms with E-state index in [2.05, 4.69) is 16.0 Å². The maximum absolute atomic E-state index is 11.4. The number of unbranched alkanes of at least 4 members (excludes halogenated alkanes) is 4. The Morgan fingerprint density at radius 2 is 1.83 bits per heavy atom. The molecule has 0 aromatic rings. The third kappa shape index (κ3) is 11.0. The summed E-state index contributed by atoms with van der Waals surface area (Å²) in [6, 6.07) is 0. The van der Waals surface area contributed by atoms with Gasteiger partial charge in [0.15, 0.2) is 0 Å². The number of amides is 1. The molecule has 0 bridgehead atoms. The van der Waals surface area contributed by atoms with Gasteiger partial charge in [-0.15, -0.1) is 12.3 Å². The molecule has 0 saturated heterocycles. The topological polar surface area (TPSA) is 55.4 Å². The van der Waals surface area contributed by atoms with E-state index in [1.165, 1.54) is 7.11 Å². The van der Waals surface area contributed by atoms with Crippen LogP contribution in [0.3, 0.4) is 0 Å². The number of hydrogen-bond donors (Lipinski definition) is 1. The van der Waals surface area contributed by atoms with E-state index in [-0.39, 0.29) is 11.9 Å². The Hall–Kier alpha value is -1.50. The Bertz CT molecular complexity index is 281. The first-order valence-corrected chi connectivity index (χ1v) is 6.47. The van der Waals surface area contributed by atoms with Crippen LogP contribution in [-0.4, -0.2) is 25.5 Å². The standard InChI is InChI=1S/C14H23NO3/c1-3-4-5-7-10-13(16)15-12-9-6-8-11-14(17)18-2/h1H,4-12H2,2H3,(H,15,16). The summed E-state index contributed by atoms with van der Waals surface area (Å²) in [5.41, 5.74) is 0. The molecule has 1 N–H and O–H groups in total. The molecule has 0 aromatic heterocycles. The Kier molecular flexibility index (Phi) is 11.0. The summed E-state index contributed by atoms with van der Waals surface area (Å²) in [5.74, 6) is 2.46. The normalized spacial score (nSPS) is 9.56. The molecule has 18 heavy (non-hydrogen) atoms. The number of nitrogens with one attached hydrogen (secondary N) is 1. The molecule has 4 nitrogen and oxygen atoms in total. The number of carbonyl (C=O) groups excluding carboxylic acids is 2. The highest BCUT2D eigenvalue weighted by atomic mass is 16.5. The number of terminal acetylenes is 1. The zero-order valence-electron chi connectivity index (χ0n) is 11.2. The molecule has 0 aliphatic rings. The molecular formula is C14H23NO3. The van der Waals surface area contributed by atoms with Crippen LogP contribution in [0.1, 0.15) is 51.4 Å². The van der Waals surface area contributed by atoms with Crippen LogP contribution in [0.25, 0.3) is 0 Å². The second-order valence-electron chi connectivity index (χ2n) is 4.15. The Balaban J connectivity index is 3.25. The molecule has 0 aromatic carbocycles. The summed E-state index contributed by atoms with van der Waals surface area (Å²) in [7, 11) is 1.39. The van der Waals surface area contributed by atoms with Crippen molar-refractivity contribution in [3.05, 3.63) is 0 Å². The molecule has 0 fully saturated rings. The lowest BCUT2D eigenvalue weighted by Crippen LogP contribution is -2.23. The van der Waals surface area contributed by atoms with Crippen LogP contribution in [0.15, 0.2) is 0 Å². The molecule has 0 aliphatic carbocycles. The first-order chi connectivity index (χ1) is 8.70. The van der Waals surface area contributed by atoms with Gasteiger partial charge < -0.3 is 10.1 Å². The lowest BCUT2D eigenvalue weighted by molar-refractivity contribution is -0.140. The third-order valence-electron chi connectivity index (χ3n) is 2.58. The summed E-state index contributed by atoms with van der Waals surface area (Å²) < 4.78 is 4.54. The fourth-order valence-electron chi connectivity index (χ4n) is 1.50. The first-order valence-electron chi connectivity index (χ1n) is 6.47. The monoisotopic (exact) mass is 253 g/mol. The number of methoxy groups -OCH3 is 1. The zero-order chi connectivity index (χ0) is 13.6. The smallest absolute Gasteiger partial charge is 0.305 e. The molecule has 0 rings (SSSR count). The first kappa shape index (κ1) is 16.5. The van der Waals surface area contributed by atoms with Crippen LogP contribution in [0.5, 0.6) is 0 Å². The van der Waals surface area contributed by atoms with Gasteiger partial charge in [0.25, 0.3) is 0 Å². The van der Waals surface area contributed by atoms with E-state index in [9.17, 15) is 9.59 Å². The average Bonchev–Trinajstić information content (AvgIpc) is 2.38. The molecule has 0 atom stereocenters. The van der Waals surface area contributed by atoms with E-state index in [0.717, 1.165) is 38.5 Å². The van der Waals surface area contributed by atoms with Crippen molar-refractivity contribution in [3.63, 3.8) is 0 Å². The van der Waals surface area contributed by atoms with Crippen LogP contribution in [-0.2, 0) is 14.3 Å². The highest BCUT2D eigenvalue weighted by molar-refractivity contribution is 5.75. The van der Waals surface area contributed by atoms with Crippen molar-refractivity contribution in [2.75, 3.05) is 13.7 Å². The summed E-state index contributed by atoms with van der Waals surface area (Å²) in [4.78, 5) is 22.2. The minimum absolute atomic E-state index is 0.0833. The predicted octanol–water partition coefficient (Wildman–Crippen LogP) is 2.03. The van der Waals surface area contributed by atoms with Crippen LogP contribution >= 0.6 is 0 Å². The van der Waals surface area contributed by atoms with Crippen molar-refractivity contribution < 1.29 is 14.3 Å². The largest absolute Gasteiger partial charge is 0.469 e. The fraction of sp³-hybridized carbons (Fsp3) is 0.714. The van der Waals surface area contributed by atoms with Crippen molar-refractivity contribution in [3.8, 4) is 12.3 Å². The lowest BCUT2D eigenvalue weighted by Gasteiger charge is -2.04. The van der Waals surface area contributed by atoms with Gasteiger partial charge in [-0.1, -0.05) is 6.42 Å². The Morgan fingerprint density at radius 3 is 2.50 bits per heavy atom. The minimum Gasteiger partial charge on any atom is -0.469 e. The predicted molar refractivity (Wildman–Crippen MR) is 70.8 cm³/mol. The molecule has 0 radical (unpaired) electrons. The second-order valence-corrected chi connectivity index (χ2v) is 4.15. The van der Waals surface area contributed by atoms with Gasteiger partial charge in [-0.2, -0.15) is 0 Å². The van der Waals surface area contributed by atoms with Gasteiger partial charge >= 0.3 is 5.97 Å². The summed E-state index contributed by atoms with van der Waals surface area (Å²) in [6.45, 7) is 0.676. The molecule has 0 unspecified atom stereocenters. The van der Waals surface area contributed by atoms with E-state index >= 15 is 0 Å². The Morgan fingerprint density at radius 1 is 1.11 bits per heavy atom. The maximum Gasteiger partial charge on any atom is 0.305 e. The van der Waals surface area contributed by atoms with E-state index in [1.807, 2.05) is 0 Å². The van der Waals surface area contributed by atoms with E-state index in [1.54, 1.807) is 0 Å². The highest BCUT2D eigenvalue weighted by Gasteiger charge is 2.01. The fourth-order valence-corrected chi connectivity index (χ4v) is 1.50. The third-order valence-corrected chi connectivity index (χ3v) is 2.58. The van der Waals surface area contributed by atoms with E-state index in [0.29, 0.717) is 19.4 Å². The van der Waals surface area contributed by atoms with Gasteiger partial charge in [0.1, 0.15) is 0 Å². The van der Waals surface area contributed by atoms with Crippen LogP contribution in [0, 0.1) is 12.3 Å². The number of hydrogen-bond acceptors (Lipinski definition) is 3. The van der Waals surface area contributed by atoms with Crippen LogP contribution < -0.4 is 5.32 Å². The molecule has 102 valence electrons. The molecule has 0 heterocycles. The van der Waals surface area contributed by atoms with Gasteiger partial charge in [0, 0.05) is 25.8 Å². The van der Waals surface area contributed by atoms with Crippen molar-refractivity contribution in [2.45, 2.75) is 51.4 Å². The SMILES string of the molecule is C#CCCCCC(=O)NCCCCCC(=O)OC. The van der Waals surface area contributed by atoms with Crippen molar-refractivity contribution in [2.24, 2.45) is 0 Å². The van der Waals surface area contributed by atoms with Crippen LogP contribution in [0.2, 0.25) is 0 Å². The van der Waals surface area contributed by atoms with Gasteiger partial charge in [0.05, 0.1) is 7.11 Å². The number of rotatable bonds is 10. The number of ether oxygens (including phenoxy) is 1. The molecule has 0 spiro atoms. The summed E-state index contributed by atoms with van der Waals surface area (Å²) in [6.07, 6.45) is 11.2. The highest BCUT2D eigenvalue weighted by Crippen LogP contribution is 2.01. The van der Waals surface area contributed by atoms with Crippen molar-refractivity contribution in [1.82, 2.24) is 5.32 Å². The summed E-state index contributed by atoms with van der Waals surface area (Å²) in [5, 5.41) is 2.85. The van der Waals surface area contributed by atoms with E-state index in [4.69, 9.17) is 6.42 Å². The van der Waals surface area contributed by atoms with Crippen LogP contribution in [0.4, 0.5) is 0 Å². The van der Waals surface area contributed by atoms with E-state index < -0.39 is 0 Å². The molecule has 0 saturated carbocycles. The second kappa shape index (κ2) is 12.0. The molecule has 0 aliphatic heterocycles. The maximum atomic E-state index is 11.4. The minimum atomic E-state index is -0.174. The molecule has 1 amide bonds. The summed E-state index contributed by atoms with van der Waals surface area (Å²) >= 11 is 0. The average molecular weight is 253 g/mol. The Labute approximate surface area is 109 Å². The lowest BCUT2D eigenvalue weighted by atomic mass is 10.2. The number of carbonyl (C=O) groups is 2. The zero-order valence-corrected chi connectivity index (χ0v) is 11.2. The van der Waals surface area contributed by atoms with Crippen molar-refractivity contribution >= 4 is 11.9 Å².